The number of aliphatic carboxylic acids is 1. The Kier molecular flexibility index (Phi) is 7.50. The van der Waals surface area contributed by atoms with Crippen molar-refractivity contribution in [2.75, 3.05) is 6.54 Å². The summed E-state index contributed by atoms with van der Waals surface area (Å²) >= 11 is 0. The minimum atomic E-state index is -1.10. The lowest BCUT2D eigenvalue weighted by Gasteiger charge is -2.15. The molecule has 1 unspecified atom stereocenters. The summed E-state index contributed by atoms with van der Waals surface area (Å²) in [4.78, 5) is 23.2. The summed E-state index contributed by atoms with van der Waals surface area (Å²) in [6, 6.07) is 9.93. The standard InChI is InChI=1S/C18H22N4O4/c19-10-4-3-8-16(17(23)24)21-18(25)26-12-13-6-1-2-7-14(13)15-9-5-11-20-22-15/h1-2,5-7,9,11,16H,3-4,8,10,12,19H2,(H,21,25)(H,23,24). The minimum Gasteiger partial charge on any atom is -0.480 e. The number of rotatable bonds is 9. The SMILES string of the molecule is NCCCCC(NC(=O)OCc1ccccc1-c1cccnn1)C(=O)O. The van der Waals surface area contributed by atoms with Crippen LogP contribution in [0.1, 0.15) is 24.8 Å². The smallest absolute Gasteiger partial charge is 0.408 e. The van der Waals surface area contributed by atoms with E-state index in [-0.39, 0.29) is 6.61 Å². The average Bonchev–Trinajstić information content (AvgIpc) is 2.66. The Bertz CT molecular complexity index is 724. The van der Waals surface area contributed by atoms with Crippen LogP contribution in [-0.2, 0) is 16.1 Å². The van der Waals surface area contributed by atoms with Crippen molar-refractivity contribution >= 4 is 12.1 Å². The number of nitrogens with two attached hydrogens (primary N) is 1. The number of hydrogen-bond donors (Lipinski definition) is 3. The number of carboxylic acid groups (broad SMARTS) is 1. The van der Waals surface area contributed by atoms with Crippen LogP contribution < -0.4 is 11.1 Å². The van der Waals surface area contributed by atoms with Gasteiger partial charge in [-0.1, -0.05) is 24.3 Å². The third-order valence-corrected chi connectivity index (χ3v) is 3.76. The highest BCUT2D eigenvalue weighted by Crippen LogP contribution is 2.21. The zero-order valence-corrected chi connectivity index (χ0v) is 14.3. The topological polar surface area (TPSA) is 127 Å². The summed E-state index contributed by atoms with van der Waals surface area (Å²) < 4.78 is 5.19. The highest BCUT2D eigenvalue weighted by atomic mass is 16.5. The highest BCUT2D eigenvalue weighted by Gasteiger charge is 2.20. The number of amides is 1. The molecular formula is C18H22N4O4. The normalized spacial score (nSPS) is 11.6. The van der Waals surface area contributed by atoms with E-state index in [1.54, 1.807) is 12.3 Å². The number of hydrogen-bond acceptors (Lipinski definition) is 6. The van der Waals surface area contributed by atoms with E-state index in [1.807, 2.05) is 30.3 Å². The summed E-state index contributed by atoms with van der Waals surface area (Å²) in [7, 11) is 0. The van der Waals surface area contributed by atoms with Gasteiger partial charge in [-0.05, 0) is 43.5 Å². The molecule has 1 aromatic heterocycles. The molecule has 4 N–H and O–H groups in total. The van der Waals surface area contributed by atoms with Gasteiger partial charge in [0.25, 0.3) is 0 Å². The van der Waals surface area contributed by atoms with Crippen LogP contribution >= 0.6 is 0 Å². The summed E-state index contributed by atoms with van der Waals surface area (Å²) in [6.07, 6.45) is 2.42. The van der Waals surface area contributed by atoms with Crippen molar-refractivity contribution in [2.24, 2.45) is 5.73 Å². The summed E-state index contributed by atoms with van der Waals surface area (Å²) in [5, 5.41) is 19.5. The lowest BCUT2D eigenvalue weighted by atomic mass is 10.1. The first-order chi connectivity index (χ1) is 12.6. The molecule has 2 rings (SSSR count). The Morgan fingerprint density at radius 2 is 2.00 bits per heavy atom. The van der Waals surface area contributed by atoms with E-state index >= 15 is 0 Å². The summed E-state index contributed by atoms with van der Waals surface area (Å²) in [5.74, 6) is -1.10. The maximum atomic E-state index is 12.0. The predicted octanol–water partition coefficient (Wildman–Crippen LogP) is 1.95. The van der Waals surface area contributed by atoms with Crippen LogP contribution in [0.3, 0.4) is 0 Å². The number of carboxylic acids is 1. The van der Waals surface area contributed by atoms with Gasteiger partial charge in [-0.3, -0.25) is 0 Å². The van der Waals surface area contributed by atoms with Gasteiger partial charge in [0.1, 0.15) is 12.6 Å². The third-order valence-electron chi connectivity index (χ3n) is 3.76. The number of alkyl carbamates (subject to hydrolysis) is 1. The second-order valence-corrected chi connectivity index (χ2v) is 5.66. The molecule has 0 saturated carbocycles. The molecule has 8 nitrogen and oxygen atoms in total. The van der Waals surface area contributed by atoms with Crippen molar-refractivity contribution in [1.82, 2.24) is 15.5 Å². The fourth-order valence-electron chi connectivity index (χ4n) is 2.42. The van der Waals surface area contributed by atoms with E-state index in [4.69, 9.17) is 10.5 Å². The molecule has 0 fully saturated rings. The molecule has 138 valence electrons. The van der Waals surface area contributed by atoms with Gasteiger partial charge < -0.3 is 20.9 Å². The van der Waals surface area contributed by atoms with Gasteiger partial charge in [0.05, 0.1) is 5.69 Å². The number of benzene rings is 1. The third kappa shape index (κ3) is 5.82. The number of ether oxygens (including phenoxy) is 1. The molecule has 8 heteroatoms. The van der Waals surface area contributed by atoms with E-state index in [0.717, 1.165) is 11.1 Å². The molecule has 1 heterocycles. The fraction of sp³-hybridized carbons (Fsp3) is 0.333. The van der Waals surface area contributed by atoms with Crippen molar-refractivity contribution in [1.29, 1.82) is 0 Å². The van der Waals surface area contributed by atoms with Crippen LogP contribution in [0.5, 0.6) is 0 Å². The first-order valence-corrected chi connectivity index (χ1v) is 8.34. The molecule has 1 amide bonds. The van der Waals surface area contributed by atoms with Crippen molar-refractivity contribution in [2.45, 2.75) is 31.9 Å². The van der Waals surface area contributed by atoms with Crippen molar-refractivity contribution in [3.63, 3.8) is 0 Å². The van der Waals surface area contributed by atoms with E-state index in [0.29, 0.717) is 31.5 Å². The number of aromatic nitrogens is 2. The fourth-order valence-corrected chi connectivity index (χ4v) is 2.42. The molecular weight excluding hydrogens is 336 g/mol. The highest BCUT2D eigenvalue weighted by molar-refractivity contribution is 5.79. The lowest BCUT2D eigenvalue weighted by Crippen LogP contribution is -2.41. The molecule has 1 atom stereocenters. The molecule has 1 aromatic carbocycles. The Hall–Kier alpha value is -3.00. The molecule has 0 spiro atoms. The van der Waals surface area contributed by atoms with Gasteiger partial charge in [-0.15, -0.1) is 0 Å². The maximum absolute atomic E-state index is 12.0. The predicted molar refractivity (Wildman–Crippen MR) is 95.1 cm³/mol. The number of carbonyl (C=O) groups is 2. The first-order valence-electron chi connectivity index (χ1n) is 8.34. The van der Waals surface area contributed by atoms with Gasteiger partial charge in [-0.2, -0.15) is 10.2 Å². The van der Waals surface area contributed by atoms with Crippen LogP contribution in [-0.4, -0.2) is 40.0 Å². The zero-order chi connectivity index (χ0) is 18.8. The number of carbonyl (C=O) groups excluding carboxylic acids is 1. The van der Waals surface area contributed by atoms with Crippen LogP contribution in [0.25, 0.3) is 11.3 Å². The largest absolute Gasteiger partial charge is 0.480 e. The Morgan fingerprint density at radius 3 is 2.69 bits per heavy atom. The molecule has 0 bridgehead atoms. The van der Waals surface area contributed by atoms with Gasteiger partial charge in [-0.25, -0.2) is 9.59 Å². The quantitative estimate of drug-likeness (QED) is 0.585. The molecule has 26 heavy (non-hydrogen) atoms. The Balaban J connectivity index is 1.96. The molecule has 0 aliphatic heterocycles. The molecule has 0 saturated heterocycles. The lowest BCUT2D eigenvalue weighted by molar-refractivity contribution is -0.139. The second-order valence-electron chi connectivity index (χ2n) is 5.66. The monoisotopic (exact) mass is 358 g/mol. The van der Waals surface area contributed by atoms with Crippen LogP contribution in [0.2, 0.25) is 0 Å². The molecule has 0 radical (unpaired) electrons. The number of nitrogens with one attached hydrogen (secondary N) is 1. The average molecular weight is 358 g/mol. The van der Waals surface area contributed by atoms with Crippen LogP contribution in [0.4, 0.5) is 4.79 Å². The summed E-state index contributed by atoms with van der Waals surface area (Å²) in [5.41, 5.74) is 7.61. The van der Waals surface area contributed by atoms with E-state index in [1.165, 1.54) is 0 Å². The maximum Gasteiger partial charge on any atom is 0.408 e. The molecule has 2 aromatic rings. The van der Waals surface area contributed by atoms with E-state index in [9.17, 15) is 14.7 Å². The number of unbranched alkanes of at least 4 members (excludes halogenated alkanes) is 1. The van der Waals surface area contributed by atoms with E-state index in [2.05, 4.69) is 15.5 Å². The van der Waals surface area contributed by atoms with Gasteiger partial charge in [0, 0.05) is 11.8 Å². The van der Waals surface area contributed by atoms with Crippen molar-refractivity contribution < 1.29 is 19.4 Å². The molecule has 0 aliphatic carbocycles. The first kappa shape index (κ1) is 19.3. The van der Waals surface area contributed by atoms with E-state index < -0.39 is 18.1 Å². The van der Waals surface area contributed by atoms with Crippen LogP contribution in [0.15, 0.2) is 42.6 Å². The van der Waals surface area contributed by atoms with Gasteiger partial charge in [0.15, 0.2) is 0 Å². The van der Waals surface area contributed by atoms with Gasteiger partial charge >= 0.3 is 12.1 Å². The summed E-state index contributed by atoms with van der Waals surface area (Å²) in [6.45, 7) is 0.476. The Morgan fingerprint density at radius 1 is 1.19 bits per heavy atom. The van der Waals surface area contributed by atoms with Crippen LogP contribution in [0, 0.1) is 0 Å². The second kappa shape index (κ2) is 10.1. The molecule has 0 aliphatic rings. The van der Waals surface area contributed by atoms with Crippen molar-refractivity contribution in [3.8, 4) is 11.3 Å². The van der Waals surface area contributed by atoms with Crippen molar-refractivity contribution in [3.05, 3.63) is 48.2 Å². The zero-order valence-electron chi connectivity index (χ0n) is 14.3. The number of nitrogens with zero attached hydrogens (tertiary/aromatic N) is 2. The van der Waals surface area contributed by atoms with Gasteiger partial charge in [0.2, 0.25) is 0 Å². The minimum absolute atomic E-state index is 0.00623. The Labute approximate surface area is 151 Å².